The van der Waals surface area contributed by atoms with Gasteiger partial charge >= 0.3 is 0 Å². The van der Waals surface area contributed by atoms with Gasteiger partial charge in [0.1, 0.15) is 12.4 Å². The molecule has 0 aromatic heterocycles. The molecule has 166 valence electrons. The fourth-order valence-corrected chi connectivity index (χ4v) is 3.91. The second-order valence-corrected chi connectivity index (χ2v) is 8.12. The number of piperazine rings is 1. The van der Waals surface area contributed by atoms with Crippen LogP contribution in [-0.2, 0) is 13.2 Å². The number of rotatable bonds is 6. The Morgan fingerprint density at radius 1 is 0.906 bits per heavy atom. The van der Waals surface area contributed by atoms with Gasteiger partial charge in [-0.25, -0.2) is 8.78 Å². The number of aryl methyl sites for hydroxylation is 1. The van der Waals surface area contributed by atoms with Crippen molar-refractivity contribution >= 4 is 5.91 Å². The highest BCUT2D eigenvalue weighted by Gasteiger charge is 2.22. The number of halogens is 2. The van der Waals surface area contributed by atoms with Crippen LogP contribution in [0.15, 0.2) is 66.7 Å². The van der Waals surface area contributed by atoms with E-state index in [1.54, 1.807) is 18.2 Å². The lowest BCUT2D eigenvalue weighted by Crippen LogP contribution is -2.48. The topological polar surface area (TPSA) is 32.8 Å². The Bertz CT molecular complexity index is 1090. The van der Waals surface area contributed by atoms with Crippen LogP contribution < -0.4 is 4.74 Å². The number of benzene rings is 3. The molecule has 1 fully saturated rings. The zero-order valence-corrected chi connectivity index (χ0v) is 18.1. The number of carbonyl (C=O) groups excluding carboxylic acids is 1. The minimum absolute atomic E-state index is 0.0185. The quantitative estimate of drug-likeness (QED) is 0.556. The average molecular weight is 437 g/mol. The van der Waals surface area contributed by atoms with Crippen molar-refractivity contribution in [3.8, 4) is 5.75 Å². The fourth-order valence-electron chi connectivity index (χ4n) is 3.91. The summed E-state index contributed by atoms with van der Waals surface area (Å²) in [5.74, 6) is -1.44. The molecule has 0 spiro atoms. The molecule has 1 aliphatic rings. The maximum atomic E-state index is 13.8. The minimum atomic E-state index is -0.749. The van der Waals surface area contributed by atoms with E-state index in [-0.39, 0.29) is 18.3 Å². The van der Waals surface area contributed by atoms with E-state index in [1.165, 1.54) is 17.2 Å². The van der Waals surface area contributed by atoms with Gasteiger partial charge in [-0.1, -0.05) is 42.0 Å². The van der Waals surface area contributed by atoms with Crippen LogP contribution in [0.5, 0.6) is 5.75 Å². The van der Waals surface area contributed by atoms with Crippen molar-refractivity contribution in [2.45, 2.75) is 20.1 Å². The van der Waals surface area contributed by atoms with Gasteiger partial charge in [-0.3, -0.25) is 9.69 Å². The van der Waals surface area contributed by atoms with E-state index in [9.17, 15) is 13.6 Å². The SMILES string of the molecule is Cc1cccc(CN2CCN(C(=O)c3cccc(COc4ccc(F)cc4F)c3)CC2)c1. The first kappa shape index (κ1) is 22.0. The van der Waals surface area contributed by atoms with Crippen molar-refractivity contribution < 1.29 is 18.3 Å². The molecular formula is C26H26F2N2O2. The number of ether oxygens (including phenoxy) is 1. The largest absolute Gasteiger partial charge is 0.486 e. The zero-order valence-electron chi connectivity index (χ0n) is 18.1. The van der Waals surface area contributed by atoms with Gasteiger partial charge in [-0.15, -0.1) is 0 Å². The molecule has 0 saturated carbocycles. The number of carbonyl (C=O) groups is 1. The van der Waals surface area contributed by atoms with E-state index in [2.05, 4.69) is 36.1 Å². The van der Waals surface area contributed by atoms with Gasteiger partial charge in [-0.2, -0.15) is 0 Å². The van der Waals surface area contributed by atoms with Crippen LogP contribution in [0, 0.1) is 18.6 Å². The molecule has 32 heavy (non-hydrogen) atoms. The van der Waals surface area contributed by atoms with Crippen molar-refractivity contribution in [3.63, 3.8) is 0 Å². The number of amides is 1. The van der Waals surface area contributed by atoms with Crippen LogP contribution in [-0.4, -0.2) is 41.9 Å². The summed E-state index contributed by atoms with van der Waals surface area (Å²) in [5, 5.41) is 0. The van der Waals surface area contributed by atoms with Crippen LogP contribution in [0.1, 0.15) is 27.0 Å². The molecule has 0 atom stereocenters. The molecule has 3 aromatic rings. The molecule has 1 heterocycles. The zero-order chi connectivity index (χ0) is 22.5. The third-order valence-electron chi connectivity index (χ3n) is 5.61. The van der Waals surface area contributed by atoms with E-state index in [4.69, 9.17) is 4.74 Å². The summed E-state index contributed by atoms with van der Waals surface area (Å²) in [6.45, 7) is 6.07. The molecule has 6 heteroatoms. The van der Waals surface area contributed by atoms with Crippen LogP contribution in [0.4, 0.5) is 8.78 Å². The Balaban J connectivity index is 1.32. The molecular weight excluding hydrogens is 410 g/mol. The molecule has 1 aliphatic heterocycles. The van der Waals surface area contributed by atoms with Crippen molar-refractivity contribution in [2.75, 3.05) is 26.2 Å². The summed E-state index contributed by atoms with van der Waals surface area (Å²) in [6.07, 6.45) is 0. The normalized spacial score (nSPS) is 14.4. The van der Waals surface area contributed by atoms with E-state index >= 15 is 0 Å². The lowest BCUT2D eigenvalue weighted by atomic mass is 10.1. The molecule has 1 amide bonds. The number of hydrogen-bond donors (Lipinski definition) is 0. The summed E-state index contributed by atoms with van der Waals surface area (Å²) < 4.78 is 32.3. The minimum Gasteiger partial charge on any atom is -0.486 e. The molecule has 4 nitrogen and oxygen atoms in total. The second-order valence-electron chi connectivity index (χ2n) is 8.12. The lowest BCUT2D eigenvalue weighted by Gasteiger charge is -2.35. The van der Waals surface area contributed by atoms with Crippen molar-refractivity contribution in [1.29, 1.82) is 0 Å². The molecule has 0 unspecified atom stereocenters. The molecule has 0 bridgehead atoms. The Morgan fingerprint density at radius 2 is 1.66 bits per heavy atom. The first-order valence-electron chi connectivity index (χ1n) is 10.7. The molecule has 0 radical (unpaired) electrons. The molecule has 0 aliphatic carbocycles. The van der Waals surface area contributed by atoms with E-state index in [0.717, 1.165) is 37.3 Å². The summed E-state index contributed by atoms with van der Waals surface area (Å²) in [6, 6.07) is 18.9. The summed E-state index contributed by atoms with van der Waals surface area (Å²) >= 11 is 0. The van der Waals surface area contributed by atoms with E-state index in [1.807, 2.05) is 11.0 Å². The van der Waals surface area contributed by atoms with E-state index in [0.29, 0.717) is 18.7 Å². The van der Waals surface area contributed by atoms with Crippen LogP contribution in [0.3, 0.4) is 0 Å². The van der Waals surface area contributed by atoms with Gasteiger partial charge in [0.15, 0.2) is 11.6 Å². The predicted molar refractivity (Wildman–Crippen MR) is 119 cm³/mol. The maximum Gasteiger partial charge on any atom is 0.253 e. The van der Waals surface area contributed by atoms with Gasteiger partial charge in [0, 0.05) is 44.4 Å². The fraction of sp³-hybridized carbons (Fsp3) is 0.269. The van der Waals surface area contributed by atoms with Crippen molar-refractivity contribution in [3.05, 3.63) is 101 Å². The summed E-state index contributed by atoms with van der Waals surface area (Å²) in [7, 11) is 0. The summed E-state index contributed by atoms with van der Waals surface area (Å²) in [4.78, 5) is 17.2. The van der Waals surface area contributed by atoms with Gasteiger partial charge in [0.25, 0.3) is 5.91 Å². The number of nitrogens with zero attached hydrogens (tertiary/aromatic N) is 2. The lowest BCUT2D eigenvalue weighted by molar-refractivity contribution is 0.0628. The van der Waals surface area contributed by atoms with Crippen LogP contribution in [0.25, 0.3) is 0 Å². The average Bonchev–Trinajstić information content (AvgIpc) is 2.79. The highest BCUT2D eigenvalue weighted by molar-refractivity contribution is 5.94. The molecule has 1 saturated heterocycles. The van der Waals surface area contributed by atoms with E-state index < -0.39 is 11.6 Å². The number of hydrogen-bond acceptors (Lipinski definition) is 3. The first-order chi connectivity index (χ1) is 15.5. The third-order valence-corrected chi connectivity index (χ3v) is 5.61. The van der Waals surface area contributed by atoms with Crippen molar-refractivity contribution in [2.24, 2.45) is 0 Å². The second kappa shape index (κ2) is 9.92. The van der Waals surface area contributed by atoms with Gasteiger partial charge in [0.05, 0.1) is 0 Å². The van der Waals surface area contributed by atoms with Crippen molar-refractivity contribution in [1.82, 2.24) is 9.80 Å². The Hall–Kier alpha value is -3.25. The monoisotopic (exact) mass is 436 g/mol. The maximum absolute atomic E-state index is 13.8. The molecule has 0 N–H and O–H groups in total. The molecule has 4 rings (SSSR count). The van der Waals surface area contributed by atoms with Crippen LogP contribution >= 0.6 is 0 Å². The molecule has 3 aromatic carbocycles. The van der Waals surface area contributed by atoms with Crippen LogP contribution in [0.2, 0.25) is 0 Å². The Morgan fingerprint density at radius 3 is 2.41 bits per heavy atom. The predicted octanol–water partition coefficient (Wildman–Crippen LogP) is 4.81. The summed E-state index contributed by atoms with van der Waals surface area (Å²) in [5.41, 5.74) is 3.87. The van der Waals surface area contributed by atoms with Gasteiger partial charge in [0.2, 0.25) is 0 Å². The van der Waals surface area contributed by atoms with Gasteiger partial charge < -0.3 is 9.64 Å². The standard InChI is InChI=1S/C26H26F2N2O2/c1-19-4-2-5-20(14-19)17-29-10-12-30(13-11-29)26(31)22-7-3-6-21(15-22)18-32-25-9-8-23(27)16-24(25)28/h2-9,14-16H,10-13,17-18H2,1H3. The smallest absolute Gasteiger partial charge is 0.253 e. The highest BCUT2D eigenvalue weighted by atomic mass is 19.1. The highest BCUT2D eigenvalue weighted by Crippen LogP contribution is 2.20. The Kier molecular flexibility index (Phi) is 6.81. The third kappa shape index (κ3) is 5.51. The van der Waals surface area contributed by atoms with Gasteiger partial charge in [-0.05, 0) is 42.3 Å². The Labute approximate surface area is 187 Å². The first-order valence-corrected chi connectivity index (χ1v) is 10.7.